The number of hydrogen-bond acceptors (Lipinski definition) is 5. The van der Waals surface area contributed by atoms with Crippen LogP contribution in [0.2, 0.25) is 0 Å². The zero-order chi connectivity index (χ0) is 20.9. The van der Waals surface area contributed by atoms with E-state index >= 15 is 0 Å². The largest absolute Gasteiger partial charge is 0.494 e. The highest BCUT2D eigenvalue weighted by Crippen LogP contribution is 2.19. The second-order valence-electron chi connectivity index (χ2n) is 6.27. The molecule has 7 nitrogen and oxygen atoms in total. The minimum absolute atomic E-state index is 0.0524. The third kappa shape index (κ3) is 5.24. The van der Waals surface area contributed by atoms with E-state index in [0.29, 0.717) is 18.1 Å². The van der Waals surface area contributed by atoms with Crippen molar-refractivity contribution in [2.45, 2.75) is 24.8 Å². The summed E-state index contributed by atoms with van der Waals surface area (Å²) in [5, 5.41) is 1.71. The number of nitrogens with one attached hydrogen (secondary N) is 2. The standard InChI is InChI=1S/C21H22N2O5S/c1-3-27-18-9-11-19(12-10-18)28-15(2)21(24)22-23-29(25,26)20-13-8-16-6-4-5-7-17(16)14-20/h4-15,23H,3H2,1-2H3,(H,22,24)/t15-/m1/s1. The SMILES string of the molecule is CCOc1ccc(O[C@H](C)C(=O)NNS(=O)(=O)c2ccc3ccccc3c2)cc1. The third-order valence-corrected chi connectivity index (χ3v) is 5.40. The van der Waals surface area contributed by atoms with Crippen molar-refractivity contribution < 1.29 is 22.7 Å². The lowest BCUT2D eigenvalue weighted by Gasteiger charge is -2.15. The molecule has 3 aromatic carbocycles. The predicted molar refractivity (Wildman–Crippen MR) is 110 cm³/mol. The van der Waals surface area contributed by atoms with Gasteiger partial charge in [-0.1, -0.05) is 30.3 Å². The average Bonchev–Trinajstić information content (AvgIpc) is 2.73. The Morgan fingerprint density at radius 2 is 1.62 bits per heavy atom. The lowest BCUT2D eigenvalue weighted by atomic mass is 10.1. The van der Waals surface area contributed by atoms with Gasteiger partial charge in [-0.15, -0.1) is 4.83 Å². The Morgan fingerprint density at radius 3 is 2.31 bits per heavy atom. The van der Waals surface area contributed by atoms with Gasteiger partial charge in [-0.25, -0.2) is 8.42 Å². The van der Waals surface area contributed by atoms with Crippen molar-refractivity contribution in [3.8, 4) is 11.5 Å². The van der Waals surface area contributed by atoms with Crippen LogP contribution in [0.15, 0.2) is 71.6 Å². The number of ether oxygens (including phenoxy) is 2. The van der Waals surface area contributed by atoms with Crippen LogP contribution < -0.4 is 19.7 Å². The molecule has 29 heavy (non-hydrogen) atoms. The maximum atomic E-state index is 12.5. The molecule has 0 saturated carbocycles. The molecule has 1 amide bonds. The van der Waals surface area contributed by atoms with Crippen LogP contribution in [0.25, 0.3) is 10.8 Å². The fraction of sp³-hybridized carbons (Fsp3) is 0.190. The molecule has 0 unspecified atom stereocenters. The first-order valence-electron chi connectivity index (χ1n) is 9.09. The summed E-state index contributed by atoms with van der Waals surface area (Å²) in [6, 6.07) is 19.0. The lowest BCUT2D eigenvalue weighted by Crippen LogP contribution is -2.47. The number of fused-ring (bicyclic) bond motifs is 1. The van der Waals surface area contributed by atoms with Crippen LogP contribution in [-0.4, -0.2) is 27.0 Å². The number of benzene rings is 3. The van der Waals surface area contributed by atoms with E-state index in [1.807, 2.05) is 31.2 Å². The van der Waals surface area contributed by atoms with Crippen LogP contribution in [0.1, 0.15) is 13.8 Å². The van der Waals surface area contributed by atoms with Gasteiger partial charge in [-0.2, -0.15) is 0 Å². The van der Waals surface area contributed by atoms with Crippen LogP contribution in [0.5, 0.6) is 11.5 Å². The van der Waals surface area contributed by atoms with Crippen molar-refractivity contribution in [1.29, 1.82) is 0 Å². The summed E-state index contributed by atoms with van der Waals surface area (Å²) in [6.45, 7) is 3.96. The van der Waals surface area contributed by atoms with E-state index in [-0.39, 0.29) is 4.90 Å². The van der Waals surface area contributed by atoms with Gasteiger partial charge in [0.25, 0.3) is 15.9 Å². The van der Waals surface area contributed by atoms with Crippen LogP contribution in [0, 0.1) is 0 Å². The molecular weight excluding hydrogens is 392 g/mol. The summed E-state index contributed by atoms with van der Waals surface area (Å²) < 4.78 is 35.8. The molecule has 3 aromatic rings. The Hall–Kier alpha value is -3.10. The maximum Gasteiger partial charge on any atom is 0.275 e. The number of rotatable bonds is 8. The molecular formula is C21H22N2O5S. The van der Waals surface area contributed by atoms with Gasteiger partial charge in [-0.05, 0) is 61.0 Å². The highest BCUT2D eigenvalue weighted by Gasteiger charge is 2.19. The molecule has 1 atom stereocenters. The van der Waals surface area contributed by atoms with Crippen LogP contribution in [0.3, 0.4) is 0 Å². The van der Waals surface area contributed by atoms with Gasteiger partial charge in [0.15, 0.2) is 6.10 Å². The number of sulfonamides is 1. The van der Waals surface area contributed by atoms with Crippen molar-refractivity contribution in [1.82, 2.24) is 10.3 Å². The number of carbonyl (C=O) groups excluding carboxylic acids is 1. The molecule has 0 bridgehead atoms. The monoisotopic (exact) mass is 414 g/mol. The summed E-state index contributed by atoms with van der Waals surface area (Å²) in [5.74, 6) is 0.539. The molecule has 0 radical (unpaired) electrons. The zero-order valence-electron chi connectivity index (χ0n) is 16.1. The Morgan fingerprint density at radius 1 is 0.966 bits per heavy atom. The molecule has 0 fully saturated rings. The Bertz CT molecular complexity index is 1100. The molecule has 0 aliphatic rings. The first-order chi connectivity index (χ1) is 13.9. The molecule has 3 rings (SSSR count). The maximum absolute atomic E-state index is 12.5. The van der Waals surface area contributed by atoms with E-state index < -0.39 is 22.0 Å². The molecule has 8 heteroatoms. The van der Waals surface area contributed by atoms with Gasteiger partial charge in [0.2, 0.25) is 0 Å². The highest BCUT2D eigenvalue weighted by atomic mass is 32.2. The molecule has 0 heterocycles. The second-order valence-corrected chi connectivity index (χ2v) is 7.95. The van der Waals surface area contributed by atoms with Crippen molar-refractivity contribution in [2.75, 3.05) is 6.61 Å². The zero-order valence-corrected chi connectivity index (χ0v) is 16.9. The highest BCUT2D eigenvalue weighted by molar-refractivity contribution is 7.89. The smallest absolute Gasteiger partial charge is 0.275 e. The van der Waals surface area contributed by atoms with Gasteiger partial charge < -0.3 is 9.47 Å². The van der Waals surface area contributed by atoms with E-state index in [1.54, 1.807) is 36.4 Å². The van der Waals surface area contributed by atoms with E-state index in [2.05, 4.69) is 10.3 Å². The molecule has 152 valence electrons. The fourth-order valence-electron chi connectivity index (χ4n) is 2.65. The van der Waals surface area contributed by atoms with E-state index in [1.165, 1.54) is 13.0 Å². The molecule has 0 spiro atoms. The quantitative estimate of drug-likeness (QED) is 0.553. The summed E-state index contributed by atoms with van der Waals surface area (Å²) in [5.41, 5.74) is 2.19. The summed E-state index contributed by atoms with van der Waals surface area (Å²) in [4.78, 5) is 14.4. The van der Waals surface area contributed by atoms with Crippen molar-refractivity contribution >= 4 is 26.7 Å². The van der Waals surface area contributed by atoms with Gasteiger partial charge in [0.05, 0.1) is 11.5 Å². The van der Waals surface area contributed by atoms with Gasteiger partial charge in [0, 0.05) is 0 Å². The second kappa shape index (κ2) is 8.93. The van der Waals surface area contributed by atoms with Gasteiger partial charge in [0.1, 0.15) is 11.5 Å². The average molecular weight is 414 g/mol. The molecule has 2 N–H and O–H groups in total. The minimum Gasteiger partial charge on any atom is -0.494 e. The molecule has 0 saturated heterocycles. The van der Waals surface area contributed by atoms with E-state index in [0.717, 1.165) is 10.8 Å². The number of hydrazine groups is 1. The Kier molecular flexibility index (Phi) is 6.36. The molecule has 0 aliphatic heterocycles. The normalized spacial score (nSPS) is 12.3. The third-order valence-electron chi connectivity index (χ3n) is 4.16. The minimum atomic E-state index is -3.92. The lowest BCUT2D eigenvalue weighted by molar-refractivity contribution is -0.127. The van der Waals surface area contributed by atoms with Crippen LogP contribution in [0.4, 0.5) is 0 Å². The molecule has 0 aromatic heterocycles. The number of carbonyl (C=O) groups is 1. The number of amides is 1. The van der Waals surface area contributed by atoms with Crippen molar-refractivity contribution in [2.24, 2.45) is 0 Å². The summed E-state index contributed by atoms with van der Waals surface area (Å²) >= 11 is 0. The van der Waals surface area contributed by atoms with E-state index in [4.69, 9.17) is 9.47 Å². The predicted octanol–water partition coefficient (Wildman–Crippen LogP) is 3.02. The fourth-order valence-corrected chi connectivity index (χ4v) is 3.53. The van der Waals surface area contributed by atoms with Crippen LogP contribution in [-0.2, 0) is 14.8 Å². The Balaban J connectivity index is 1.60. The molecule has 0 aliphatic carbocycles. The summed E-state index contributed by atoms with van der Waals surface area (Å²) in [6.07, 6.45) is -0.910. The first kappa shape index (κ1) is 20.6. The van der Waals surface area contributed by atoms with Crippen LogP contribution >= 0.6 is 0 Å². The summed E-state index contributed by atoms with van der Waals surface area (Å²) in [7, 11) is -3.92. The van der Waals surface area contributed by atoms with Crippen molar-refractivity contribution in [3.05, 3.63) is 66.7 Å². The van der Waals surface area contributed by atoms with Crippen molar-refractivity contribution in [3.63, 3.8) is 0 Å². The van der Waals surface area contributed by atoms with Gasteiger partial charge in [-0.3, -0.25) is 10.2 Å². The van der Waals surface area contributed by atoms with Gasteiger partial charge >= 0.3 is 0 Å². The topological polar surface area (TPSA) is 93.7 Å². The van der Waals surface area contributed by atoms with E-state index in [9.17, 15) is 13.2 Å². The Labute approximate surface area is 169 Å². The number of hydrogen-bond donors (Lipinski definition) is 2. The first-order valence-corrected chi connectivity index (χ1v) is 10.6.